The fourth-order valence-electron chi connectivity index (χ4n) is 3.48. The molecule has 1 amide bonds. The molecule has 1 aliphatic heterocycles. The predicted octanol–water partition coefficient (Wildman–Crippen LogP) is 3.65. The molecular weight excluding hydrogens is 296 g/mol. The zero-order valence-corrected chi connectivity index (χ0v) is 15.4. The topological polar surface area (TPSA) is 41.6 Å². The maximum absolute atomic E-state index is 12.2. The molecule has 0 aromatic heterocycles. The minimum Gasteiger partial charge on any atom is -0.444 e. The Labute approximate surface area is 139 Å². The second-order valence-corrected chi connectivity index (χ2v) is 8.67. The van der Waals surface area contributed by atoms with Crippen LogP contribution in [-0.2, 0) is 4.74 Å². The van der Waals surface area contributed by atoms with Gasteiger partial charge < -0.3 is 15.0 Å². The number of carbonyl (C=O) groups is 1. The highest BCUT2D eigenvalue weighted by Crippen LogP contribution is 2.28. The summed E-state index contributed by atoms with van der Waals surface area (Å²) in [5.74, 6) is 0. The van der Waals surface area contributed by atoms with E-state index in [9.17, 15) is 4.79 Å². The van der Waals surface area contributed by atoms with Crippen molar-refractivity contribution >= 4 is 17.9 Å². The van der Waals surface area contributed by atoms with Crippen LogP contribution in [0.25, 0.3) is 0 Å². The quantitative estimate of drug-likeness (QED) is 0.858. The first kappa shape index (κ1) is 17.9. The lowest BCUT2D eigenvalue weighted by Crippen LogP contribution is -2.54. The Hall–Kier alpha value is -0.420. The van der Waals surface area contributed by atoms with E-state index in [1.807, 2.05) is 37.4 Å². The number of nitrogens with zero attached hydrogens (tertiary/aromatic N) is 1. The molecule has 3 unspecified atom stereocenters. The van der Waals surface area contributed by atoms with Gasteiger partial charge in [-0.2, -0.15) is 11.8 Å². The first-order valence-corrected chi connectivity index (χ1v) is 9.94. The molecule has 2 aliphatic rings. The average Bonchev–Trinajstić information content (AvgIpc) is 2.46. The third-order valence-electron chi connectivity index (χ3n) is 4.53. The molecule has 0 aromatic rings. The van der Waals surface area contributed by atoms with E-state index in [0.717, 1.165) is 31.2 Å². The Kier molecular flexibility index (Phi) is 6.45. The zero-order chi connectivity index (χ0) is 16.2. The van der Waals surface area contributed by atoms with E-state index in [2.05, 4.69) is 11.6 Å². The second-order valence-electron chi connectivity index (χ2n) is 7.60. The molecule has 4 nitrogen and oxygen atoms in total. The normalized spacial score (nSPS) is 30.2. The summed E-state index contributed by atoms with van der Waals surface area (Å²) >= 11 is 1.99. The lowest BCUT2D eigenvalue weighted by atomic mass is 9.93. The summed E-state index contributed by atoms with van der Waals surface area (Å²) in [6, 6.07) is 1.02. The van der Waals surface area contributed by atoms with Gasteiger partial charge >= 0.3 is 6.09 Å². The van der Waals surface area contributed by atoms with Crippen molar-refractivity contribution in [2.75, 3.05) is 19.3 Å². The highest BCUT2D eigenvalue weighted by molar-refractivity contribution is 7.99. The van der Waals surface area contributed by atoms with Gasteiger partial charge in [0.25, 0.3) is 0 Å². The smallest absolute Gasteiger partial charge is 0.410 e. The van der Waals surface area contributed by atoms with Gasteiger partial charge in [0, 0.05) is 30.4 Å². The fourth-order valence-corrected chi connectivity index (χ4v) is 4.42. The number of ether oxygens (including phenoxy) is 1. The van der Waals surface area contributed by atoms with Gasteiger partial charge in [0.1, 0.15) is 5.60 Å². The van der Waals surface area contributed by atoms with Gasteiger partial charge in [-0.3, -0.25) is 0 Å². The molecule has 1 aliphatic carbocycles. The van der Waals surface area contributed by atoms with Crippen molar-refractivity contribution in [3.8, 4) is 0 Å². The Bertz CT molecular complexity index is 370. The predicted molar refractivity (Wildman–Crippen MR) is 93.5 cm³/mol. The maximum Gasteiger partial charge on any atom is 0.410 e. The Morgan fingerprint density at radius 3 is 2.59 bits per heavy atom. The van der Waals surface area contributed by atoms with Gasteiger partial charge in [0.05, 0.1) is 0 Å². The molecule has 0 aromatic carbocycles. The van der Waals surface area contributed by atoms with Crippen LogP contribution in [0.5, 0.6) is 0 Å². The van der Waals surface area contributed by atoms with Crippen LogP contribution < -0.4 is 5.32 Å². The molecule has 1 saturated heterocycles. The summed E-state index contributed by atoms with van der Waals surface area (Å²) in [5, 5.41) is 4.56. The number of hydrogen-bond acceptors (Lipinski definition) is 4. The van der Waals surface area contributed by atoms with Crippen LogP contribution in [0.4, 0.5) is 4.79 Å². The van der Waals surface area contributed by atoms with Crippen LogP contribution in [0.1, 0.15) is 59.3 Å². The highest BCUT2D eigenvalue weighted by atomic mass is 32.2. The van der Waals surface area contributed by atoms with Crippen LogP contribution in [0, 0.1) is 0 Å². The molecule has 22 heavy (non-hydrogen) atoms. The SMILES string of the molecule is CSC1CCCCC1NC1CCCN(C(=O)OC(C)(C)C)C1. The molecule has 1 heterocycles. The molecule has 2 fully saturated rings. The average molecular weight is 329 g/mol. The Balaban J connectivity index is 1.86. The summed E-state index contributed by atoms with van der Waals surface area (Å²) in [5.41, 5.74) is -0.412. The number of hydrogen-bond donors (Lipinski definition) is 1. The number of piperidine rings is 1. The molecule has 1 saturated carbocycles. The summed E-state index contributed by atoms with van der Waals surface area (Å²) in [4.78, 5) is 14.1. The van der Waals surface area contributed by atoms with Gasteiger partial charge in [-0.1, -0.05) is 12.8 Å². The molecule has 2 rings (SSSR count). The van der Waals surface area contributed by atoms with E-state index in [4.69, 9.17) is 4.74 Å². The third kappa shape index (κ3) is 5.34. The molecule has 5 heteroatoms. The summed E-state index contributed by atoms with van der Waals surface area (Å²) < 4.78 is 5.51. The fraction of sp³-hybridized carbons (Fsp3) is 0.941. The van der Waals surface area contributed by atoms with Crippen molar-refractivity contribution in [3.05, 3.63) is 0 Å². The van der Waals surface area contributed by atoms with E-state index in [-0.39, 0.29) is 6.09 Å². The third-order valence-corrected chi connectivity index (χ3v) is 5.70. The number of rotatable bonds is 3. The lowest BCUT2D eigenvalue weighted by molar-refractivity contribution is 0.0181. The van der Waals surface area contributed by atoms with Crippen molar-refractivity contribution in [2.45, 2.75) is 82.2 Å². The minimum atomic E-state index is -0.412. The van der Waals surface area contributed by atoms with Crippen LogP contribution in [0.3, 0.4) is 0 Å². The van der Waals surface area contributed by atoms with Gasteiger partial charge in [-0.15, -0.1) is 0 Å². The van der Waals surface area contributed by atoms with Crippen LogP contribution in [-0.4, -0.2) is 53.3 Å². The molecule has 128 valence electrons. The first-order chi connectivity index (χ1) is 10.4. The van der Waals surface area contributed by atoms with Crippen molar-refractivity contribution < 1.29 is 9.53 Å². The standard InChI is InChI=1S/C17H32N2O2S/c1-17(2,3)21-16(20)19-11-7-8-13(12-19)18-14-9-5-6-10-15(14)22-4/h13-15,18H,5-12H2,1-4H3. The van der Waals surface area contributed by atoms with E-state index in [1.54, 1.807) is 0 Å². The Morgan fingerprint density at radius 1 is 1.18 bits per heavy atom. The summed E-state index contributed by atoms with van der Waals surface area (Å²) in [6.07, 6.45) is 9.57. The molecule has 0 spiro atoms. The molecule has 1 N–H and O–H groups in total. The molecule has 0 bridgehead atoms. The first-order valence-electron chi connectivity index (χ1n) is 8.66. The van der Waals surface area contributed by atoms with Crippen LogP contribution in [0.15, 0.2) is 0 Å². The van der Waals surface area contributed by atoms with Crippen molar-refractivity contribution in [2.24, 2.45) is 0 Å². The van der Waals surface area contributed by atoms with Crippen molar-refractivity contribution in [3.63, 3.8) is 0 Å². The highest BCUT2D eigenvalue weighted by Gasteiger charge is 2.31. The Morgan fingerprint density at radius 2 is 1.91 bits per heavy atom. The number of amides is 1. The van der Waals surface area contributed by atoms with Crippen molar-refractivity contribution in [1.29, 1.82) is 0 Å². The van der Waals surface area contributed by atoms with E-state index < -0.39 is 5.60 Å². The molecular formula is C17H32N2O2S. The number of likely N-dealkylation sites (tertiary alicyclic amines) is 1. The zero-order valence-electron chi connectivity index (χ0n) is 14.6. The van der Waals surface area contributed by atoms with Crippen LogP contribution in [0.2, 0.25) is 0 Å². The van der Waals surface area contributed by atoms with E-state index >= 15 is 0 Å². The minimum absolute atomic E-state index is 0.163. The van der Waals surface area contributed by atoms with E-state index in [1.165, 1.54) is 25.7 Å². The number of thioether (sulfide) groups is 1. The lowest BCUT2D eigenvalue weighted by Gasteiger charge is -2.39. The molecule has 3 atom stereocenters. The second kappa shape index (κ2) is 7.91. The summed E-state index contributed by atoms with van der Waals surface area (Å²) in [6.45, 7) is 7.39. The maximum atomic E-state index is 12.2. The summed E-state index contributed by atoms with van der Waals surface area (Å²) in [7, 11) is 0. The van der Waals surface area contributed by atoms with Gasteiger partial charge in [0.15, 0.2) is 0 Å². The van der Waals surface area contributed by atoms with Gasteiger partial charge in [0.2, 0.25) is 0 Å². The number of nitrogens with one attached hydrogen (secondary N) is 1. The molecule has 0 radical (unpaired) electrons. The van der Waals surface area contributed by atoms with Crippen molar-refractivity contribution in [1.82, 2.24) is 10.2 Å². The van der Waals surface area contributed by atoms with E-state index in [0.29, 0.717) is 12.1 Å². The van der Waals surface area contributed by atoms with Crippen LogP contribution >= 0.6 is 11.8 Å². The van der Waals surface area contributed by atoms with Gasteiger partial charge in [-0.05, 0) is 52.7 Å². The monoisotopic (exact) mass is 328 g/mol. The number of carbonyl (C=O) groups excluding carboxylic acids is 1. The van der Waals surface area contributed by atoms with Gasteiger partial charge in [-0.25, -0.2) is 4.79 Å². The largest absolute Gasteiger partial charge is 0.444 e.